The van der Waals surface area contributed by atoms with Crippen LogP contribution < -0.4 is 0 Å². The lowest BCUT2D eigenvalue weighted by atomic mass is 10.2. The smallest absolute Gasteiger partial charge is 0.383 e. The lowest BCUT2D eigenvalue weighted by Crippen LogP contribution is -2.31. The van der Waals surface area contributed by atoms with Crippen LogP contribution in [0, 0.1) is 0 Å². The van der Waals surface area contributed by atoms with Gasteiger partial charge in [0.05, 0.1) is 59.5 Å². The Labute approximate surface area is 223 Å². The van der Waals surface area contributed by atoms with Crippen LogP contribution in [0.3, 0.4) is 0 Å². The molecule has 0 saturated heterocycles. The molecular weight excluding hydrogens is 491 g/mol. The SMILES string of the molecule is CC(C)(C)SCCOCCOB(OCCOCCSC(C)(C)C)OCCOCCSC(C)(C)C. The predicted octanol–water partition coefficient (Wildman–Crippen LogP) is 5.67. The van der Waals surface area contributed by atoms with E-state index in [0.29, 0.717) is 59.5 Å². The van der Waals surface area contributed by atoms with E-state index in [4.69, 9.17) is 28.2 Å². The van der Waals surface area contributed by atoms with Gasteiger partial charge in [-0.3, -0.25) is 0 Å². The summed E-state index contributed by atoms with van der Waals surface area (Å²) in [6.07, 6.45) is 0. The van der Waals surface area contributed by atoms with Crippen LogP contribution >= 0.6 is 35.3 Å². The molecule has 0 spiro atoms. The maximum Gasteiger partial charge on any atom is 0.639 e. The van der Waals surface area contributed by atoms with Gasteiger partial charge < -0.3 is 28.2 Å². The molecule has 0 unspecified atom stereocenters. The first-order valence-electron chi connectivity index (χ1n) is 12.3. The van der Waals surface area contributed by atoms with Gasteiger partial charge >= 0.3 is 7.32 Å². The van der Waals surface area contributed by atoms with Crippen molar-refractivity contribution in [3.8, 4) is 0 Å². The summed E-state index contributed by atoms with van der Waals surface area (Å²) in [4.78, 5) is 0. The first-order valence-corrected chi connectivity index (χ1v) is 15.2. The topological polar surface area (TPSA) is 55.4 Å². The zero-order valence-corrected chi connectivity index (χ0v) is 25.7. The molecule has 0 amide bonds. The summed E-state index contributed by atoms with van der Waals surface area (Å²) >= 11 is 5.68. The molecule has 0 radical (unpaired) electrons. The molecule has 0 rings (SSSR count). The average Bonchev–Trinajstić information content (AvgIpc) is 2.68. The Hall–Kier alpha value is 0.875. The van der Waals surface area contributed by atoms with Gasteiger partial charge in [-0.1, -0.05) is 62.3 Å². The van der Waals surface area contributed by atoms with Crippen LogP contribution in [0.4, 0.5) is 0 Å². The first-order chi connectivity index (χ1) is 15.8. The monoisotopic (exact) mass is 542 g/mol. The number of hydrogen-bond acceptors (Lipinski definition) is 9. The molecule has 6 nitrogen and oxygen atoms in total. The Morgan fingerprint density at radius 1 is 0.412 bits per heavy atom. The lowest BCUT2D eigenvalue weighted by molar-refractivity contribution is 0.0248. The van der Waals surface area contributed by atoms with Crippen LogP contribution in [0.15, 0.2) is 0 Å². The summed E-state index contributed by atoms with van der Waals surface area (Å²) in [6, 6.07) is 0. The Balaban J connectivity index is 4.04. The van der Waals surface area contributed by atoms with Crippen molar-refractivity contribution in [3.63, 3.8) is 0 Å². The minimum atomic E-state index is -0.743. The summed E-state index contributed by atoms with van der Waals surface area (Å²) in [6.45, 7) is 24.8. The van der Waals surface area contributed by atoms with E-state index in [2.05, 4.69) is 62.3 Å². The highest BCUT2D eigenvalue weighted by Gasteiger charge is 2.21. The van der Waals surface area contributed by atoms with E-state index in [1.165, 1.54) is 0 Å². The van der Waals surface area contributed by atoms with Crippen LogP contribution in [0.1, 0.15) is 62.3 Å². The van der Waals surface area contributed by atoms with E-state index in [-0.39, 0.29) is 14.2 Å². The Morgan fingerprint density at radius 3 is 0.912 bits per heavy atom. The van der Waals surface area contributed by atoms with E-state index in [0.717, 1.165) is 17.3 Å². The van der Waals surface area contributed by atoms with Crippen molar-refractivity contribution in [2.24, 2.45) is 0 Å². The third-order valence-corrected chi connectivity index (χ3v) is 7.44. The molecule has 10 heteroatoms. The number of rotatable bonds is 21. The molecule has 0 aromatic carbocycles. The largest absolute Gasteiger partial charge is 0.639 e. The Bertz CT molecular complexity index is 401. The summed E-state index contributed by atoms with van der Waals surface area (Å²) in [5, 5.41) is 0. The van der Waals surface area contributed by atoms with Gasteiger partial charge in [0.1, 0.15) is 0 Å². The van der Waals surface area contributed by atoms with Gasteiger partial charge in [0.25, 0.3) is 0 Å². The van der Waals surface area contributed by atoms with Crippen LogP contribution in [-0.2, 0) is 28.2 Å². The molecule has 0 saturated carbocycles. The molecule has 0 aliphatic rings. The zero-order valence-electron chi connectivity index (χ0n) is 23.2. The fourth-order valence-electron chi connectivity index (χ4n) is 2.28. The van der Waals surface area contributed by atoms with E-state index in [9.17, 15) is 0 Å². The summed E-state index contributed by atoms with van der Waals surface area (Å²) in [5.74, 6) is 2.90. The van der Waals surface area contributed by atoms with Crippen LogP contribution in [0.2, 0.25) is 0 Å². The maximum atomic E-state index is 5.74. The van der Waals surface area contributed by atoms with Crippen molar-refractivity contribution < 1.29 is 28.2 Å². The summed E-state index contributed by atoms with van der Waals surface area (Å²) in [5.41, 5.74) is 0. The predicted molar refractivity (Wildman–Crippen MR) is 153 cm³/mol. The molecule has 0 bridgehead atoms. The fourth-order valence-corrected chi connectivity index (χ4v) is 4.72. The quantitative estimate of drug-likeness (QED) is 0.135. The summed E-state index contributed by atoms with van der Waals surface area (Å²) < 4.78 is 35.0. The molecule has 0 aliphatic heterocycles. The third kappa shape index (κ3) is 29.1. The van der Waals surface area contributed by atoms with Gasteiger partial charge in [-0.25, -0.2) is 0 Å². The average molecular weight is 543 g/mol. The second-order valence-corrected chi connectivity index (χ2v) is 16.4. The minimum absolute atomic E-state index is 0.258. The van der Waals surface area contributed by atoms with Crippen molar-refractivity contribution in [1.82, 2.24) is 0 Å². The van der Waals surface area contributed by atoms with E-state index >= 15 is 0 Å². The molecule has 204 valence electrons. The summed E-state index contributed by atoms with van der Waals surface area (Å²) in [7, 11) is -0.743. The van der Waals surface area contributed by atoms with Gasteiger partial charge in [0, 0.05) is 31.5 Å². The molecule has 0 atom stereocenters. The third-order valence-electron chi connectivity index (χ3n) is 3.73. The van der Waals surface area contributed by atoms with Crippen molar-refractivity contribution in [2.75, 3.05) is 76.7 Å². The standard InChI is InChI=1S/C24H51BO6S3/c1-22(2,3)32-19-16-26-10-13-29-25(30-14-11-27-17-20-33-23(4,5)6)31-15-12-28-18-21-34-24(7,8)9/h10-21H2,1-9H3. The molecule has 0 heterocycles. The van der Waals surface area contributed by atoms with E-state index in [1.54, 1.807) is 0 Å². The van der Waals surface area contributed by atoms with Gasteiger partial charge in [-0.15, -0.1) is 0 Å². The van der Waals surface area contributed by atoms with Gasteiger partial charge in [-0.2, -0.15) is 35.3 Å². The van der Waals surface area contributed by atoms with Gasteiger partial charge in [0.2, 0.25) is 0 Å². The van der Waals surface area contributed by atoms with Gasteiger partial charge in [0.15, 0.2) is 0 Å². The minimum Gasteiger partial charge on any atom is -0.383 e. The maximum absolute atomic E-state index is 5.74. The zero-order chi connectivity index (χ0) is 25.9. The normalized spacial score (nSPS) is 13.0. The number of hydrogen-bond donors (Lipinski definition) is 0. The fraction of sp³-hybridized carbons (Fsp3) is 1.00. The first kappa shape index (κ1) is 34.9. The van der Waals surface area contributed by atoms with Crippen LogP contribution in [0.25, 0.3) is 0 Å². The highest BCUT2D eigenvalue weighted by molar-refractivity contribution is 8.01. The molecule has 0 N–H and O–H groups in total. The van der Waals surface area contributed by atoms with E-state index < -0.39 is 7.32 Å². The van der Waals surface area contributed by atoms with Gasteiger partial charge in [-0.05, 0) is 0 Å². The number of thioether (sulfide) groups is 3. The Morgan fingerprint density at radius 2 is 0.676 bits per heavy atom. The Kier molecular flexibility index (Phi) is 20.4. The molecular formula is C24H51BO6S3. The van der Waals surface area contributed by atoms with E-state index in [1.807, 2.05) is 35.3 Å². The molecule has 0 aromatic rings. The second-order valence-electron chi connectivity index (χ2n) is 10.6. The van der Waals surface area contributed by atoms with Crippen LogP contribution in [-0.4, -0.2) is 98.3 Å². The van der Waals surface area contributed by atoms with Crippen molar-refractivity contribution >= 4 is 42.6 Å². The van der Waals surface area contributed by atoms with Crippen molar-refractivity contribution in [2.45, 2.75) is 76.6 Å². The molecule has 0 aliphatic carbocycles. The number of ether oxygens (including phenoxy) is 3. The lowest BCUT2D eigenvalue weighted by Gasteiger charge is -2.18. The highest BCUT2D eigenvalue weighted by Crippen LogP contribution is 2.23. The highest BCUT2D eigenvalue weighted by atomic mass is 32.2. The molecule has 0 aromatic heterocycles. The van der Waals surface area contributed by atoms with Crippen LogP contribution in [0.5, 0.6) is 0 Å². The van der Waals surface area contributed by atoms with Crippen molar-refractivity contribution in [1.29, 1.82) is 0 Å². The van der Waals surface area contributed by atoms with Crippen molar-refractivity contribution in [3.05, 3.63) is 0 Å². The molecule has 0 fully saturated rings. The second kappa shape index (κ2) is 19.9. The molecule has 34 heavy (non-hydrogen) atoms.